The molecule has 2 aromatic heterocycles. The molecule has 2 aliphatic heterocycles. The number of benzene rings is 2. The number of hydrogen-bond donors (Lipinski definition) is 1. The average molecular weight is 587 g/mol. The molecule has 0 saturated carbocycles. The van der Waals surface area contributed by atoms with E-state index < -0.39 is 0 Å². The summed E-state index contributed by atoms with van der Waals surface area (Å²) in [6, 6.07) is 17.0. The molecule has 0 bridgehead atoms. The fourth-order valence-electron chi connectivity index (χ4n) is 5.47. The van der Waals surface area contributed by atoms with Crippen LogP contribution >= 0.6 is 11.6 Å². The summed E-state index contributed by atoms with van der Waals surface area (Å²) in [5.74, 6) is -0.264. The number of hydrogen-bond acceptors (Lipinski definition) is 8. The highest BCUT2D eigenvalue weighted by Gasteiger charge is 2.31. The molecule has 0 amide bonds. The number of carbonyl (C=O) groups excluding carboxylic acids is 1. The average Bonchev–Trinajstić information content (AvgIpc) is 3.74. The molecular formula is C30H27ClN6O5. The number of pyridine rings is 1. The number of halogens is 1. The number of methoxy groups -OCH3 is 1. The first-order valence-corrected chi connectivity index (χ1v) is 13.5. The van der Waals surface area contributed by atoms with Crippen LogP contribution in [-0.2, 0) is 27.2 Å². The lowest BCUT2D eigenvalue weighted by atomic mass is 9.96. The van der Waals surface area contributed by atoms with E-state index in [1.807, 2.05) is 47.9 Å². The number of aryl methyl sites for hydroxylation is 1. The zero-order chi connectivity index (χ0) is 29.8. The van der Waals surface area contributed by atoms with Crippen LogP contribution in [0, 0.1) is 0 Å². The molecule has 6 rings (SSSR count). The van der Waals surface area contributed by atoms with Crippen molar-refractivity contribution >= 4 is 35.3 Å². The molecule has 214 valence electrons. The van der Waals surface area contributed by atoms with Crippen LogP contribution in [0.4, 0.5) is 0 Å². The second-order valence-electron chi connectivity index (χ2n) is 9.81. The summed E-state index contributed by atoms with van der Waals surface area (Å²) in [5, 5.41) is 18.9. The van der Waals surface area contributed by atoms with Crippen LogP contribution in [0.15, 0.2) is 76.4 Å². The maximum Gasteiger partial charge on any atom is 0.309 e. The molecule has 4 heterocycles. The predicted octanol–water partition coefficient (Wildman–Crippen LogP) is 4.32. The summed E-state index contributed by atoms with van der Waals surface area (Å²) in [5.41, 5.74) is 8.24. The quantitative estimate of drug-likeness (QED) is 0.260. The molecule has 42 heavy (non-hydrogen) atoms. The van der Waals surface area contributed by atoms with Gasteiger partial charge >= 0.3 is 5.97 Å². The molecular weight excluding hydrogens is 560 g/mol. The fourth-order valence-corrected chi connectivity index (χ4v) is 5.65. The molecule has 2 aliphatic rings. The fraction of sp³-hybridized carbons (Fsp3) is 0.233. The number of rotatable bonds is 6. The number of aromatic nitrogens is 5. The van der Waals surface area contributed by atoms with Crippen molar-refractivity contribution in [3.05, 3.63) is 98.8 Å². The highest BCUT2D eigenvalue weighted by atomic mass is 35.5. The monoisotopic (exact) mass is 586 g/mol. The molecule has 2 aromatic carbocycles. The van der Waals surface area contributed by atoms with Gasteiger partial charge in [-0.1, -0.05) is 35.9 Å². The first-order valence-electron chi connectivity index (χ1n) is 13.1. The minimum atomic E-state index is -0.264. The van der Waals surface area contributed by atoms with Crippen molar-refractivity contribution in [3.63, 3.8) is 0 Å². The van der Waals surface area contributed by atoms with Crippen LogP contribution < -0.4 is 5.56 Å². The third kappa shape index (κ3) is 5.77. The van der Waals surface area contributed by atoms with Gasteiger partial charge in [0, 0.05) is 40.2 Å². The Morgan fingerprint density at radius 3 is 2.60 bits per heavy atom. The number of carbonyl (C=O) groups is 2. The number of aliphatic imine (C=N–C) groups is 1. The van der Waals surface area contributed by atoms with Gasteiger partial charge in [-0.15, -0.1) is 5.10 Å². The Balaban J connectivity index is 0.00000113. The maximum absolute atomic E-state index is 13.5. The van der Waals surface area contributed by atoms with Crippen molar-refractivity contribution in [1.82, 2.24) is 24.8 Å². The molecule has 0 saturated heterocycles. The standard InChI is InChI=1S/C29H25ClN6O3.CH2O2/c1-17-23(19-5-3-18(4-6-19)11-29(38)39-2)15-25(32-17)27-10-8-22-12-20(13-28(37)36(22)27)24-14-21(30)7-9-26(24)35-16-31-33-34-35;2-1-3/h3-7,9,12-14,16,27H,8,10-11,15H2,1-2H3;1H,(H,2,3). The van der Waals surface area contributed by atoms with Crippen LogP contribution in [0.1, 0.15) is 42.6 Å². The van der Waals surface area contributed by atoms with Gasteiger partial charge in [-0.25, -0.2) is 0 Å². The highest BCUT2D eigenvalue weighted by molar-refractivity contribution is 6.31. The smallest absolute Gasteiger partial charge is 0.309 e. The normalized spacial score (nSPS) is 15.5. The third-order valence-electron chi connectivity index (χ3n) is 7.37. The molecule has 11 nitrogen and oxygen atoms in total. The van der Waals surface area contributed by atoms with E-state index in [0.29, 0.717) is 11.4 Å². The number of nitrogens with zero attached hydrogens (tertiary/aromatic N) is 6. The van der Waals surface area contributed by atoms with Crippen molar-refractivity contribution in [2.75, 3.05) is 7.11 Å². The zero-order valence-electron chi connectivity index (χ0n) is 22.9. The van der Waals surface area contributed by atoms with Gasteiger partial charge in [-0.3, -0.25) is 19.4 Å². The van der Waals surface area contributed by atoms with E-state index in [-0.39, 0.29) is 30.5 Å². The summed E-state index contributed by atoms with van der Waals surface area (Å²) >= 11 is 6.32. The van der Waals surface area contributed by atoms with Gasteiger partial charge in [0.25, 0.3) is 12.0 Å². The highest BCUT2D eigenvalue weighted by Crippen LogP contribution is 2.38. The number of carboxylic acid groups (broad SMARTS) is 1. The Labute approximate surface area is 245 Å². The summed E-state index contributed by atoms with van der Waals surface area (Å²) in [6.45, 7) is 1.76. The van der Waals surface area contributed by atoms with Crippen LogP contribution in [0.25, 0.3) is 22.4 Å². The molecule has 0 fully saturated rings. The number of esters is 1. The maximum atomic E-state index is 13.5. The number of ether oxygens (including phenoxy) is 1. The van der Waals surface area contributed by atoms with E-state index in [9.17, 15) is 9.59 Å². The van der Waals surface area contributed by atoms with Crippen LogP contribution in [0.3, 0.4) is 0 Å². The predicted molar refractivity (Wildman–Crippen MR) is 157 cm³/mol. The van der Waals surface area contributed by atoms with Crippen molar-refractivity contribution in [2.24, 2.45) is 4.99 Å². The minimum Gasteiger partial charge on any atom is -0.483 e. The van der Waals surface area contributed by atoms with Crippen LogP contribution in [-0.4, -0.2) is 55.1 Å². The van der Waals surface area contributed by atoms with Crippen molar-refractivity contribution in [2.45, 2.75) is 38.6 Å². The third-order valence-corrected chi connectivity index (χ3v) is 7.60. The van der Waals surface area contributed by atoms with E-state index in [0.717, 1.165) is 63.5 Å². The topological polar surface area (TPSA) is 142 Å². The second kappa shape index (κ2) is 12.3. The first-order chi connectivity index (χ1) is 20.3. The first kappa shape index (κ1) is 28.6. The van der Waals surface area contributed by atoms with E-state index >= 15 is 0 Å². The molecule has 1 N–H and O–H groups in total. The summed E-state index contributed by atoms with van der Waals surface area (Å²) in [6.07, 6.45) is 4.02. The molecule has 12 heteroatoms. The second-order valence-corrected chi connectivity index (χ2v) is 10.2. The van der Waals surface area contributed by atoms with E-state index in [1.54, 1.807) is 16.8 Å². The van der Waals surface area contributed by atoms with Crippen molar-refractivity contribution < 1.29 is 19.4 Å². The Hall–Kier alpha value is -4.90. The Kier molecular flexibility index (Phi) is 8.39. The lowest BCUT2D eigenvalue weighted by molar-refractivity contribution is -0.139. The summed E-state index contributed by atoms with van der Waals surface area (Å²) in [7, 11) is 1.39. The molecule has 0 aliphatic carbocycles. The zero-order valence-corrected chi connectivity index (χ0v) is 23.7. The Morgan fingerprint density at radius 1 is 1.14 bits per heavy atom. The minimum absolute atomic E-state index is 0.0754. The van der Waals surface area contributed by atoms with Crippen LogP contribution in [0.2, 0.25) is 5.02 Å². The molecule has 1 unspecified atom stereocenters. The molecule has 0 radical (unpaired) electrons. The molecule has 4 aromatic rings. The van der Waals surface area contributed by atoms with Crippen molar-refractivity contribution in [1.29, 1.82) is 0 Å². The van der Waals surface area contributed by atoms with Gasteiger partial charge in [0.1, 0.15) is 6.33 Å². The van der Waals surface area contributed by atoms with Crippen LogP contribution in [0.5, 0.6) is 0 Å². The van der Waals surface area contributed by atoms with Gasteiger partial charge < -0.3 is 14.4 Å². The lowest BCUT2D eigenvalue weighted by Crippen LogP contribution is -2.27. The Bertz CT molecular complexity index is 1760. The number of allylic oxidation sites excluding steroid dienone is 2. The lowest BCUT2D eigenvalue weighted by Gasteiger charge is -2.17. The molecule has 1 atom stereocenters. The van der Waals surface area contributed by atoms with E-state index in [4.69, 9.17) is 31.2 Å². The van der Waals surface area contributed by atoms with E-state index in [1.165, 1.54) is 13.4 Å². The van der Waals surface area contributed by atoms with Crippen molar-refractivity contribution in [3.8, 4) is 16.8 Å². The summed E-state index contributed by atoms with van der Waals surface area (Å²) < 4.78 is 8.20. The molecule has 0 spiro atoms. The Morgan fingerprint density at radius 2 is 1.90 bits per heavy atom. The van der Waals surface area contributed by atoms with Gasteiger partial charge in [0.15, 0.2) is 0 Å². The van der Waals surface area contributed by atoms with E-state index in [2.05, 4.69) is 21.6 Å². The largest absolute Gasteiger partial charge is 0.483 e. The number of fused-ring (bicyclic) bond motifs is 1. The van der Waals surface area contributed by atoms with Gasteiger partial charge in [0.2, 0.25) is 0 Å². The van der Waals surface area contributed by atoms with Gasteiger partial charge in [0.05, 0.1) is 25.3 Å². The summed E-state index contributed by atoms with van der Waals surface area (Å²) in [4.78, 5) is 38.4. The van der Waals surface area contributed by atoms with Gasteiger partial charge in [-0.2, -0.15) is 4.68 Å². The van der Waals surface area contributed by atoms with Gasteiger partial charge in [-0.05, 0) is 76.7 Å². The number of tetrazole rings is 1. The SMILES string of the molecule is COC(=O)Cc1ccc(C2=C(C)N=C(C3CCc4cc(-c5cc(Cl)ccc5-n5cnnn5)cc(=O)n43)C2)cc1.O=CO.